The van der Waals surface area contributed by atoms with Gasteiger partial charge in [-0.15, -0.1) is 0 Å². The number of benzene rings is 4. The largest absolute Gasteiger partial charge is 0.385 e. The van der Waals surface area contributed by atoms with Crippen LogP contribution in [0.15, 0.2) is 103 Å². The molecule has 4 aromatic carbocycles. The average molecular weight is 919 g/mol. The van der Waals surface area contributed by atoms with Crippen LogP contribution in [0.3, 0.4) is 0 Å². The number of hydrogen-bond donors (Lipinski definition) is 3. The molecule has 0 unspecified atom stereocenters. The molecule has 0 aromatic heterocycles. The first-order valence-corrected chi connectivity index (χ1v) is 25.6. The molecule has 0 bridgehead atoms. The molecule has 0 saturated heterocycles. The number of Topliss-reactive ketones (excluding diaryl/α,β-unsaturated/α-hetero) is 2. The third-order valence-electron chi connectivity index (χ3n) is 13.2. The van der Waals surface area contributed by atoms with Gasteiger partial charge in [-0.3, -0.25) is 14.4 Å². The Bertz CT molecular complexity index is 1960. The predicted molar refractivity (Wildman–Crippen MR) is 271 cm³/mol. The van der Waals surface area contributed by atoms with Gasteiger partial charge >= 0.3 is 0 Å². The van der Waals surface area contributed by atoms with Gasteiger partial charge in [0.15, 0.2) is 11.6 Å². The Kier molecular flexibility index (Phi) is 23.8. The minimum Gasteiger partial charge on any atom is -0.385 e. The van der Waals surface area contributed by atoms with E-state index in [1.54, 1.807) is 12.1 Å². The summed E-state index contributed by atoms with van der Waals surface area (Å²) in [7, 11) is 0. The number of ketones is 3. The molecule has 8 heteroatoms. The van der Waals surface area contributed by atoms with Crippen molar-refractivity contribution < 1.29 is 39.2 Å². The molecule has 0 aliphatic heterocycles. The Balaban J connectivity index is 0.000000230. The molecule has 0 spiro atoms. The fraction of sp³-hybridized carbons (Fsp3) is 0.542. The summed E-state index contributed by atoms with van der Waals surface area (Å²) >= 11 is 0. The highest BCUT2D eigenvalue weighted by molar-refractivity contribution is 6.11. The number of carbonyl (C=O) groups is 3. The number of aliphatic hydroxyl groups is 3. The first-order chi connectivity index (χ1) is 32.3. The van der Waals surface area contributed by atoms with Crippen LogP contribution in [0, 0.1) is 0 Å². The smallest absolute Gasteiger partial charge is 0.222 e. The number of rotatable bonds is 23. The van der Waals surface area contributed by atoms with Gasteiger partial charge in [0, 0.05) is 35.5 Å². The molecular weight excluding hydrogens is 837 g/mol. The normalized spacial score (nSPS) is 15.4. The van der Waals surface area contributed by atoms with E-state index < -0.39 is 23.1 Å². The van der Waals surface area contributed by atoms with Crippen molar-refractivity contribution in [1.82, 2.24) is 0 Å². The SMILES string of the molecule is CCCCCCCCCCCCc1ccc(C(=O)C(C)(C)O)cc1.CCOC(OCC)C(=O)c1ccccc1.O=C(c1ccccc1C1(O)CCCCC1)c1ccccc1C1(O)CCCCC1. The molecule has 2 aliphatic carbocycles. The van der Waals surface area contributed by atoms with Crippen molar-refractivity contribution in [3.8, 4) is 0 Å². The van der Waals surface area contributed by atoms with E-state index in [-0.39, 0.29) is 17.3 Å². The van der Waals surface area contributed by atoms with Gasteiger partial charge in [-0.05, 0) is 82.9 Å². The molecule has 3 N–H and O–H groups in total. The molecule has 67 heavy (non-hydrogen) atoms. The molecule has 366 valence electrons. The maximum Gasteiger partial charge on any atom is 0.222 e. The van der Waals surface area contributed by atoms with Gasteiger partial charge in [-0.1, -0.05) is 206 Å². The van der Waals surface area contributed by atoms with Crippen LogP contribution >= 0.6 is 0 Å². The van der Waals surface area contributed by atoms with Crippen LogP contribution in [-0.2, 0) is 27.1 Å². The highest BCUT2D eigenvalue weighted by atomic mass is 16.7. The lowest BCUT2D eigenvalue weighted by molar-refractivity contribution is -0.107. The molecular formula is C59H82O8. The van der Waals surface area contributed by atoms with Gasteiger partial charge in [0.05, 0.1) is 11.2 Å². The van der Waals surface area contributed by atoms with Crippen LogP contribution < -0.4 is 0 Å². The lowest BCUT2D eigenvalue weighted by Gasteiger charge is -2.35. The molecule has 2 fully saturated rings. The Morgan fingerprint density at radius 2 is 0.955 bits per heavy atom. The van der Waals surface area contributed by atoms with E-state index in [0.717, 1.165) is 56.1 Å². The second-order valence-electron chi connectivity index (χ2n) is 19.1. The number of unbranched alkanes of at least 4 members (excludes halogenated alkanes) is 9. The monoisotopic (exact) mass is 919 g/mol. The number of hydrogen-bond acceptors (Lipinski definition) is 8. The summed E-state index contributed by atoms with van der Waals surface area (Å²) in [5.41, 5.74) is 1.95. The van der Waals surface area contributed by atoms with Crippen LogP contribution in [0.4, 0.5) is 0 Å². The van der Waals surface area contributed by atoms with E-state index in [1.165, 1.54) is 83.6 Å². The van der Waals surface area contributed by atoms with E-state index in [2.05, 4.69) is 6.92 Å². The van der Waals surface area contributed by atoms with Crippen LogP contribution in [-0.4, -0.2) is 57.8 Å². The van der Waals surface area contributed by atoms with Crippen molar-refractivity contribution in [2.75, 3.05) is 13.2 Å². The first kappa shape index (κ1) is 55.3. The highest BCUT2D eigenvalue weighted by Gasteiger charge is 2.38. The van der Waals surface area contributed by atoms with Gasteiger partial charge in [-0.2, -0.15) is 0 Å². The number of aryl methyl sites for hydroxylation is 1. The second-order valence-corrected chi connectivity index (χ2v) is 19.1. The van der Waals surface area contributed by atoms with E-state index in [9.17, 15) is 29.7 Å². The lowest BCUT2D eigenvalue weighted by Crippen LogP contribution is -2.32. The van der Waals surface area contributed by atoms with Gasteiger partial charge in [-0.25, -0.2) is 0 Å². The van der Waals surface area contributed by atoms with Crippen molar-refractivity contribution in [1.29, 1.82) is 0 Å². The first-order valence-electron chi connectivity index (χ1n) is 25.6. The van der Waals surface area contributed by atoms with Gasteiger partial charge in [0.2, 0.25) is 12.1 Å². The third-order valence-corrected chi connectivity index (χ3v) is 13.2. The van der Waals surface area contributed by atoms with E-state index >= 15 is 0 Å². The fourth-order valence-corrected chi connectivity index (χ4v) is 9.36. The molecule has 0 atom stereocenters. The Hall–Kier alpha value is -4.31. The molecule has 4 aromatic rings. The van der Waals surface area contributed by atoms with E-state index in [4.69, 9.17) is 9.47 Å². The molecule has 0 heterocycles. The maximum absolute atomic E-state index is 13.6. The zero-order valence-electron chi connectivity index (χ0n) is 41.5. The summed E-state index contributed by atoms with van der Waals surface area (Å²) in [6, 6.07) is 31.7. The minimum absolute atomic E-state index is 0.0933. The minimum atomic E-state index is -1.29. The molecule has 8 nitrogen and oxygen atoms in total. The molecule has 6 rings (SSSR count). The van der Waals surface area contributed by atoms with Gasteiger partial charge in [0.1, 0.15) is 5.60 Å². The molecule has 2 saturated carbocycles. The lowest BCUT2D eigenvalue weighted by atomic mass is 9.74. The van der Waals surface area contributed by atoms with Crippen molar-refractivity contribution in [3.05, 3.63) is 142 Å². The van der Waals surface area contributed by atoms with Gasteiger partial charge in [0.25, 0.3) is 0 Å². The number of ether oxygens (including phenoxy) is 2. The summed E-state index contributed by atoms with van der Waals surface area (Å²) in [6.45, 7) is 9.93. The van der Waals surface area contributed by atoms with Crippen LogP contribution in [0.25, 0.3) is 0 Å². The standard InChI is InChI=1S/C25H30O3.C22H36O2.C12H16O3/c26-23(19-11-3-5-13-21(19)24(27)15-7-1-8-16-24)20-12-4-6-14-22(20)25(28)17-9-2-10-18-25;1-4-5-6-7-8-9-10-11-12-13-14-19-15-17-20(18-16-19)21(23)22(2,3)24;1-3-14-12(15-4-2)11(13)10-8-6-5-7-9-10/h3-6,11-14,27-28H,1-2,7-10,15-18H2;15-18,24H,4-14H2,1-3H3;5-9,12H,3-4H2,1-2H3. The molecule has 0 radical (unpaired) electrons. The van der Waals surface area contributed by atoms with Gasteiger partial charge < -0.3 is 24.8 Å². The zero-order chi connectivity index (χ0) is 48.5. The Morgan fingerprint density at radius 3 is 1.39 bits per heavy atom. The van der Waals surface area contributed by atoms with Crippen molar-refractivity contribution in [2.24, 2.45) is 0 Å². The zero-order valence-corrected chi connectivity index (χ0v) is 41.5. The maximum atomic E-state index is 13.6. The Morgan fingerprint density at radius 1 is 0.537 bits per heavy atom. The quantitative estimate of drug-likeness (QED) is 0.0381. The summed E-state index contributed by atoms with van der Waals surface area (Å²) < 4.78 is 10.5. The topological polar surface area (TPSA) is 130 Å². The van der Waals surface area contributed by atoms with E-state index in [1.807, 2.05) is 105 Å². The highest BCUT2D eigenvalue weighted by Crippen LogP contribution is 2.42. The predicted octanol–water partition coefficient (Wildman–Crippen LogP) is 13.6. The summed E-state index contributed by atoms with van der Waals surface area (Å²) in [5, 5.41) is 32.3. The summed E-state index contributed by atoms with van der Waals surface area (Å²) in [5.74, 6) is -0.434. The van der Waals surface area contributed by atoms with Crippen LogP contribution in [0.5, 0.6) is 0 Å². The van der Waals surface area contributed by atoms with Crippen LogP contribution in [0.1, 0.15) is 216 Å². The molecule has 2 aliphatic rings. The number of carbonyl (C=O) groups excluding carboxylic acids is 3. The van der Waals surface area contributed by atoms with Crippen molar-refractivity contribution in [2.45, 2.75) is 193 Å². The Labute approximate surface area is 402 Å². The van der Waals surface area contributed by atoms with Crippen molar-refractivity contribution >= 4 is 17.3 Å². The van der Waals surface area contributed by atoms with E-state index in [0.29, 0.717) is 61.2 Å². The average Bonchev–Trinajstić information content (AvgIpc) is 3.35. The second kappa shape index (κ2) is 28.9. The van der Waals surface area contributed by atoms with Crippen molar-refractivity contribution in [3.63, 3.8) is 0 Å². The summed E-state index contributed by atoms with van der Waals surface area (Å²) in [6.07, 6.45) is 22.8. The molecule has 0 amide bonds. The summed E-state index contributed by atoms with van der Waals surface area (Å²) in [4.78, 5) is 37.5. The van der Waals surface area contributed by atoms with Crippen LogP contribution in [0.2, 0.25) is 0 Å². The third kappa shape index (κ3) is 17.6. The fourth-order valence-electron chi connectivity index (χ4n) is 9.36.